The summed E-state index contributed by atoms with van der Waals surface area (Å²) in [5, 5.41) is 3.29. The SMILES string of the molecule is CCNCc1ccc(Oc2ccc(C(N)=O)cc2)c(C)c1. The number of amides is 1. The number of benzene rings is 2. The lowest BCUT2D eigenvalue weighted by molar-refractivity contribution is 0.100. The van der Waals surface area contributed by atoms with Crippen molar-refractivity contribution in [2.24, 2.45) is 5.73 Å². The van der Waals surface area contributed by atoms with Crippen molar-refractivity contribution in [3.8, 4) is 11.5 Å². The van der Waals surface area contributed by atoms with Crippen molar-refractivity contribution >= 4 is 5.91 Å². The molecule has 0 heterocycles. The van der Waals surface area contributed by atoms with E-state index in [1.165, 1.54) is 5.56 Å². The first kappa shape index (κ1) is 15.1. The zero-order chi connectivity index (χ0) is 15.2. The third-order valence-electron chi connectivity index (χ3n) is 3.19. The molecule has 0 bridgehead atoms. The average Bonchev–Trinajstić information content (AvgIpc) is 2.48. The quantitative estimate of drug-likeness (QED) is 0.857. The number of primary amides is 1. The largest absolute Gasteiger partial charge is 0.457 e. The van der Waals surface area contributed by atoms with Gasteiger partial charge in [-0.25, -0.2) is 0 Å². The number of hydrogen-bond acceptors (Lipinski definition) is 3. The first-order chi connectivity index (χ1) is 10.1. The number of rotatable bonds is 6. The zero-order valence-corrected chi connectivity index (χ0v) is 12.3. The molecule has 21 heavy (non-hydrogen) atoms. The standard InChI is InChI=1S/C17H20N2O2/c1-3-19-11-13-4-9-16(12(2)10-13)21-15-7-5-14(6-8-15)17(18)20/h4-10,19H,3,11H2,1-2H3,(H2,18,20). The lowest BCUT2D eigenvalue weighted by Gasteiger charge is -2.11. The van der Waals surface area contributed by atoms with Crippen LogP contribution in [0.2, 0.25) is 0 Å². The van der Waals surface area contributed by atoms with Gasteiger partial charge in [-0.1, -0.05) is 19.1 Å². The minimum atomic E-state index is -0.439. The summed E-state index contributed by atoms with van der Waals surface area (Å²) >= 11 is 0. The van der Waals surface area contributed by atoms with Crippen LogP contribution in [-0.2, 0) is 6.54 Å². The molecule has 3 N–H and O–H groups in total. The number of aryl methyl sites for hydroxylation is 1. The second-order valence-electron chi connectivity index (χ2n) is 4.87. The van der Waals surface area contributed by atoms with Crippen LogP contribution in [0.4, 0.5) is 0 Å². The highest BCUT2D eigenvalue weighted by molar-refractivity contribution is 5.92. The fourth-order valence-corrected chi connectivity index (χ4v) is 2.02. The molecule has 0 spiro atoms. The van der Waals surface area contributed by atoms with Crippen molar-refractivity contribution in [2.45, 2.75) is 20.4 Å². The van der Waals surface area contributed by atoms with Crippen molar-refractivity contribution in [1.29, 1.82) is 0 Å². The molecule has 0 aliphatic heterocycles. The molecular weight excluding hydrogens is 264 g/mol. The molecule has 2 aromatic rings. The van der Waals surface area contributed by atoms with Crippen LogP contribution in [0, 0.1) is 6.92 Å². The van der Waals surface area contributed by atoms with Crippen molar-refractivity contribution in [1.82, 2.24) is 5.32 Å². The van der Waals surface area contributed by atoms with E-state index in [9.17, 15) is 4.79 Å². The topological polar surface area (TPSA) is 64.3 Å². The molecule has 0 aliphatic carbocycles. The highest BCUT2D eigenvalue weighted by atomic mass is 16.5. The fourth-order valence-electron chi connectivity index (χ4n) is 2.02. The van der Waals surface area contributed by atoms with Gasteiger partial charge in [-0.3, -0.25) is 4.79 Å². The van der Waals surface area contributed by atoms with E-state index >= 15 is 0 Å². The number of hydrogen-bond donors (Lipinski definition) is 2. The third kappa shape index (κ3) is 4.07. The number of nitrogens with two attached hydrogens (primary N) is 1. The van der Waals surface area contributed by atoms with E-state index in [4.69, 9.17) is 10.5 Å². The van der Waals surface area contributed by atoms with Gasteiger partial charge in [0.05, 0.1) is 0 Å². The monoisotopic (exact) mass is 284 g/mol. The van der Waals surface area contributed by atoms with Gasteiger partial charge in [-0.15, -0.1) is 0 Å². The molecule has 0 unspecified atom stereocenters. The van der Waals surface area contributed by atoms with Gasteiger partial charge >= 0.3 is 0 Å². The Balaban J connectivity index is 2.10. The Hall–Kier alpha value is -2.33. The van der Waals surface area contributed by atoms with Crippen LogP contribution >= 0.6 is 0 Å². The van der Waals surface area contributed by atoms with Gasteiger partial charge in [0.15, 0.2) is 0 Å². The maximum absolute atomic E-state index is 11.0. The molecule has 2 rings (SSSR count). The predicted molar refractivity (Wildman–Crippen MR) is 83.6 cm³/mol. The van der Waals surface area contributed by atoms with E-state index in [2.05, 4.69) is 18.3 Å². The molecule has 4 nitrogen and oxygen atoms in total. The van der Waals surface area contributed by atoms with Gasteiger partial charge in [0.25, 0.3) is 0 Å². The van der Waals surface area contributed by atoms with Crippen LogP contribution in [0.1, 0.15) is 28.4 Å². The Morgan fingerprint density at radius 2 is 1.90 bits per heavy atom. The smallest absolute Gasteiger partial charge is 0.248 e. The number of carbonyl (C=O) groups is 1. The van der Waals surface area contributed by atoms with Crippen LogP contribution in [0.15, 0.2) is 42.5 Å². The number of nitrogens with one attached hydrogen (secondary N) is 1. The first-order valence-corrected chi connectivity index (χ1v) is 6.98. The molecule has 0 radical (unpaired) electrons. The summed E-state index contributed by atoms with van der Waals surface area (Å²) in [6.45, 7) is 5.90. The molecule has 110 valence electrons. The van der Waals surface area contributed by atoms with E-state index in [1.807, 2.05) is 19.1 Å². The molecule has 0 saturated carbocycles. The Kier molecular flexibility index (Phi) is 4.95. The zero-order valence-electron chi connectivity index (χ0n) is 12.3. The molecule has 2 aromatic carbocycles. The van der Waals surface area contributed by atoms with Crippen LogP contribution in [0.5, 0.6) is 11.5 Å². The minimum absolute atomic E-state index is 0.439. The van der Waals surface area contributed by atoms with Gasteiger partial charge in [0.2, 0.25) is 5.91 Å². The van der Waals surface area contributed by atoms with Crippen LogP contribution in [0.3, 0.4) is 0 Å². The third-order valence-corrected chi connectivity index (χ3v) is 3.19. The summed E-state index contributed by atoms with van der Waals surface area (Å²) < 4.78 is 5.83. The lowest BCUT2D eigenvalue weighted by Crippen LogP contribution is -2.11. The normalized spacial score (nSPS) is 10.4. The summed E-state index contributed by atoms with van der Waals surface area (Å²) in [6.07, 6.45) is 0. The number of carbonyl (C=O) groups excluding carboxylic acids is 1. The first-order valence-electron chi connectivity index (χ1n) is 6.98. The van der Waals surface area contributed by atoms with E-state index in [1.54, 1.807) is 24.3 Å². The molecule has 0 aromatic heterocycles. The van der Waals surface area contributed by atoms with Crippen molar-refractivity contribution in [2.75, 3.05) is 6.54 Å². The maximum atomic E-state index is 11.0. The second-order valence-corrected chi connectivity index (χ2v) is 4.87. The Bertz CT molecular complexity index is 621. The Morgan fingerprint density at radius 1 is 1.19 bits per heavy atom. The van der Waals surface area contributed by atoms with E-state index in [-0.39, 0.29) is 0 Å². The summed E-state index contributed by atoms with van der Waals surface area (Å²) in [7, 11) is 0. The fraction of sp³-hybridized carbons (Fsp3) is 0.235. The molecule has 1 amide bonds. The number of ether oxygens (including phenoxy) is 1. The molecule has 0 atom stereocenters. The Morgan fingerprint density at radius 3 is 2.48 bits per heavy atom. The molecule has 0 aliphatic rings. The molecular formula is C17H20N2O2. The predicted octanol–water partition coefficient (Wildman–Crippen LogP) is 3.00. The second kappa shape index (κ2) is 6.90. The van der Waals surface area contributed by atoms with E-state index < -0.39 is 5.91 Å². The van der Waals surface area contributed by atoms with Gasteiger partial charge in [0, 0.05) is 12.1 Å². The lowest BCUT2D eigenvalue weighted by atomic mass is 10.1. The molecule has 0 fully saturated rings. The minimum Gasteiger partial charge on any atom is -0.457 e. The van der Waals surface area contributed by atoms with Crippen molar-refractivity contribution in [3.05, 3.63) is 59.2 Å². The van der Waals surface area contributed by atoms with Crippen LogP contribution in [0.25, 0.3) is 0 Å². The summed E-state index contributed by atoms with van der Waals surface area (Å²) in [5.74, 6) is 1.05. The van der Waals surface area contributed by atoms with Crippen molar-refractivity contribution < 1.29 is 9.53 Å². The highest BCUT2D eigenvalue weighted by Crippen LogP contribution is 2.26. The van der Waals surface area contributed by atoms with Gasteiger partial charge in [-0.05, 0) is 54.9 Å². The van der Waals surface area contributed by atoms with Gasteiger partial charge in [-0.2, -0.15) is 0 Å². The average molecular weight is 284 g/mol. The van der Waals surface area contributed by atoms with E-state index in [0.717, 1.165) is 24.4 Å². The van der Waals surface area contributed by atoms with Crippen molar-refractivity contribution in [3.63, 3.8) is 0 Å². The summed E-state index contributed by atoms with van der Waals surface area (Å²) in [4.78, 5) is 11.0. The van der Waals surface area contributed by atoms with Gasteiger partial charge in [0.1, 0.15) is 11.5 Å². The van der Waals surface area contributed by atoms with Gasteiger partial charge < -0.3 is 15.8 Å². The summed E-state index contributed by atoms with van der Waals surface area (Å²) in [6, 6.07) is 12.9. The molecule has 4 heteroatoms. The van der Waals surface area contributed by atoms with E-state index in [0.29, 0.717) is 11.3 Å². The highest BCUT2D eigenvalue weighted by Gasteiger charge is 2.04. The van der Waals surface area contributed by atoms with Crippen LogP contribution < -0.4 is 15.8 Å². The molecule has 0 saturated heterocycles. The maximum Gasteiger partial charge on any atom is 0.248 e. The van der Waals surface area contributed by atoms with Crippen LogP contribution in [-0.4, -0.2) is 12.5 Å². The summed E-state index contributed by atoms with van der Waals surface area (Å²) in [5.41, 5.74) is 7.98. The Labute approximate surface area is 124 Å².